The van der Waals surface area contributed by atoms with Crippen molar-refractivity contribution in [3.05, 3.63) is 78.0 Å². The minimum atomic E-state index is -3.76. The molecule has 4 rings (SSSR count). The molecule has 29 heavy (non-hydrogen) atoms. The van der Waals surface area contributed by atoms with Gasteiger partial charge in [-0.05, 0) is 42.2 Å². The molecule has 2 N–H and O–H groups in total. The van der Waals surface area contributed by atoms with E-state index in [4.69, 9.17) is 5.73 Å². The van der Waals surface area contributed by atoms with Crippen molar-refractivity contribution in [2.24, 2.45) is 0 Å². The third-order valence-electron chi connectivity index (χ3n) is 5.00. The number of nitrogens with zero attached hydrogens (tertiary/aromatic N) is 3. The Balaban J connectivity index is 1.58. The van der Waals surface area contributed by atoms with Gasteiger partial charge in [0.05, 0.1) is 11.1 Å². The van der Waals surface area contributed by atoms with Crippen molar-refractivity contribution >= 4 is 27.2 Å². The van der Waals surface area contributed by atoms with Gasteiger partial charge in [-0.1, -0.05) is 48.5 Å². The first-order valence-electron chi connectivity index (χ1n) is 9.39. The Hall–Kier alpha value is -3.19. The quantitative estimate of drug-likeness (QED) is 0.713. The number of nitrogen functional groups attached to an aromatic ring is 1. The molecule has 0 atom stereocenters. The van der Waals surface area contributed by atoms with Crippen LogP contribution in [0.25, 0.3) is 5.57 Å². The van der Waals surface area contributed by atoms with Crippen LogP contribution in [0.5, 0.6) is 0 Å². The lowest BCUT2D eigenvalue weighted by atomic mass is 10.00. The Bertz CT molecular complexity index is 1170. The Morgan fingerprint density at radius 3 is 2.52 bits per heavy atom. The normalized spacial score (nSPS) is 14.5. The first kappa shape index (κ1) is 19.1. The van der Waals surface area contributed by atoms with Crippen LogP contribution in [0.15, 0.2) is 76.7 Å². The maximum absolute atomic E-state index is 12.9. The Morgan fingerprint density at radius 2 is 1.86 bits per heavy atom. The van der Waals surface area contributed by atoms with Crippen LogP contribution in [0.2, 0.25) is 0 Å². The topological polar surface area (TPSA) is 89.2 Å². The fourth-order valence-corrected chi connectivity index (χ4v) is 4.77. The molecule has 0 aliphatic carbocycles. The van der Waals surface area contributed by atoms with Gasteiger partial charge in [0.15, 0.2) is 0 Å². The molecule has 2 heterocycles. The summed E-state index contributed by atoms with van der Waals surface area (Å²) in [5.74, 6) is 0.406. The summed E-state index contributed by atoms with van der Waals surface area (Å²) in [5.41, 5.74) is 9.39. The molecule has 148 valence electrons. The summed E-state index contributed by atoms with van der Waals surface area (Å²) in [7, 11) is -3.76. The minimum Gasteiger partial charge on any atom is -0.382 e. The molecule has 0 saturated heterocycles. The van der Waals surface area contributed by atoms with E-state index in [1.54, 1.807) is 18.2 Å². The number of nitrogens with two attached hydrogens (primary N) is 1. The number of rotatable bonds is 4. The van der Waals surface area contributed by atoms with Crippen LogP contribution in [-0.4, -0.2) is 31.5 Å². The summed E-state index contributed by atoms with van der Waals surface area (Å²) in [4.78, 5) is 10.7. The standard InChI is InChI=1S/C22H22N4O2S/c1-16-6-5-9-19(14-16)29(27,28)20-15-24-22(25-21(20)23)26-12-10-18(11-13-26)17-7-3-2-4-8-17/h2-10,14-15H,11-13H2,1H3,(H2,23,24,25). The van der Waals surface area contributed by atoms with Gasteiger partial charge in [0.1, 0.15) is 10.7 Å². The SMILES string of the molecule is Cc1cccc(S(=O)(=O)c2cnc(N3CC=C(c4ccccc4)CC3)nc2N)c1. The van der Waals surface area contributed by atoms with E-state index in [9.17, 15) is 8.42 Å². The zero-order chi connectivity index (χ0) is 20.4. The molecule has 0 radical (unpaired) electrons. The molecule has 0 saturated carbocycles. The van der Waals surface area contributed by atoms with Gasteiger partial charge in [0, 0.05) is 13.1 Å². The third-order valence-corrected chi connectivity index (χ3v) is 6.76. The molecule has 0 amide bonds. The molecule has 1 aliphatic rings. The second-order valence-corrected chi connectivity index (χ2v) is 8.95. The van der Waals surface area contributed by atoms with Crippen molar-refractivity contribution in [3.63, 3.8) is 0 Å². The summed E-state index contributed by atoms with van der Waals surface area (Å²) >= 11 is 0. The molecule has 0 unspecified atom stereocenters. The third kappa shape index (κ3) is 3.86. The van der Waals surface area contributed by atoms with E-state index in [1.807, 2.05) is 36.1 Å². The highest BCUT2D eigenvalue weighted by Crippen LogP contribution is 2.28. The molecule has 2 aromatic carbocycles. The van der Waals surface area contributed by atoms with Crippen LogP contribution < -0.4 is 10.6 Å². The summed E-state index contributed by atoms with van der Waals surface area (Å²) in [5, 5.41) is 0. The van der Waals surface area contributed by atoms with Crippen molar-refractivity contribution < 1.29 is 8.42 Å². The molecule has 1 aliphatic heterocycles. The first-order valence-corrected chi connectivity index (χ1v) is 10.9. The summed E-state index contributed by atoms with van der Waals surface area (Å²) in [6.45, 7) is 3.23. The predicted molar refractivity (Wildman–Crippen MR) is 114 cm³/mol. The number of hydrogen-bond acceptors (Lipinski definition) is 6. The van der Waals surface area contributed by atoms with Crippen molar-refractivity contribution in [1.29, 1.82) is 0 Å². The van der Waals surface area contributed by atoms with Gasteiger partial charge < -0.3 is 10.6 Å². The van der Waals surface area contributed by atoms with E-state index in [-0.39, 0.29) is 15.6 Å². The van der Waals surface area contributed by atoms with Crippen LogP contribution in [0.1, 0.15) is 17.5 Å². The molecule has 3 aromatic rings. The maximum atomic E-state index is 12.9. The van der Waals surface area contributed by atoms with Gasteiger partial charge in [0.2, 0.25) is 15.8 Å². The highest BCUT2D eigenvalue weighted by Gasteiger charge is 2.24. The van der Waals surface area contributed by atoms with Crippen LogP contribution >= 0.6 is 0 Å². The van der Waals surface area contributed by atoms with Gasteiger partial charge in [0.25, 0.3) is 0 Å². The van der Waals surface area contributed by atoms with Gasteiger partial charge in [-0.2, -0.15) is 4.98 Å². The summed E-state index contributed by atoms with van der Waals surface area (Å²) in [6, 6.07) is 17.0. The second-order valence-electron chi connectivity index (χ2n) is 7.03. The van der Waals surface area contributed by atoms with Crippen molar-refractivity contribution in [1.82, 2.24) is 9.97 Å². The molecular formula is C22H22N4O2S. The fraction of sp³-hybridized carbons (Fsp3) is 0.182. The predicted octanol–water partition coefficient (Wildman–Crippen LogP) is 3.49. The Labute approximate surface area is 170 Å². The van der Waals surface area contributed by atoms with E-state index in [0.717, 1.165) is 18.5 Å². The van der Waals surface area contributed by atoms with Gasteiger partial charge in [-0.25, -0.2) is 13.4 Å². The lowest BCUT2D eigenvalue weighted by Gasteiger charge is -2.27. The zero-order valence-electron chi connectivity index (χ0n) is 16.1. The second kappa shape index (κ2) is 7.67. The lowest BCUT2D eigenvalue weighted by molar-refractivity contribution is 0.595. The number of aromatic nitrogens is 2. The highest BCUT2D eigenvalue weighted by atomic mass is 32.2. The molecule has 0 fully saturated rings. The fourth-order valence-electron chi connectivity index (χ4n) is 3.41. The molecule has 7 heteroatoms. The van der Waals surface area contributed by atoms with Crippen molar-refractivity contribution in [2.75, 3.05) is 23.7 Å². The average molecular weight is 407 g/mol. The molecule has 0 bridgehead atoms. The van der Waals surface area contributed by atoms with Crippen LogP contribution in [-0.2, 0) is 9.84 Å². The highest BCUT2D eigenvalue weighted by molar-refractivity contribution is 7.91. The van der Waals surface area contributed by atoms with Gasteiger partial charge >= 0.3 is 0 Å². The average Bonchev–Trinajstić information content (AvgIpc) is 2.74. The summed E-state index contributed by atoms with van der Waals surface area (Å²) < 4.78 is 25.8. The maximum Gasteiger partial charge on any atom is 0.227 e. The number of benzene rings is 2. The Kier molecular flexibility index (Phi) is 5.07. The number of anilines is 2. The van der Waals surface area contributed by atoms with Crippen LogP contribution in [0.3, 0.4) is 0 Å². The van der Waals surface area contributed by atoms with Gasteiger partial charge in [-0.15, -0.1) is 0 Å². The summed E-state index contributed by atoms with van der Waals surface area (Å²) in [6.07, 6.45) is 4.32. The van der Waals surface area contributed by atoms with Crippen molar-refractivity contribution in [3.8, 4) is 0 Å². The van der Waals surface area contributed by atoms with Gasteiger partial charge in [-0.3, -0.25) is 0 Å². The Morgan fingerprint density at radius 1 is 1.07 bits per heavy atom. The molecule has 0 spiro atoms. The monoisotopic (exact) mass is 406 g/mol. The van der Waals surface area contributed by atoms with E-state index in [2.05, 4.69) is 28.2 Å². The first-order chi connectivity index (χ1) is 13.9. The van der Waals surface area contributed by atoms with Crippen molar-refractivity contribution in [2.45, 2.75) is 23.1 Å². The minimum absolute atomic E-state index is 0.0330. The number of aryl methyl sites for hydroxylation is 1. The molecule has 1 aromatic heterocycles. The smallest absolute Gasteiger partial charge is 0.227 e. The van der Waals surface area contributed by atoms with E-state index in [1.165, 1.54) is 17.3 Å². The van der Waals surface area contributed by atoms with E-state index >= 15 is 0 Å². The zero-order valence-corrected chi connectivity index (χ0v) is 16.9. The van der Waals surface area contributed by atoms with Crippen LogP contribution in [0.4, 0.5) is 11.8 Å². The molecular weight excluding hydrogens is 384 g/mol. The lowest BCUT2D eigenvalue weighted by Crippen LogP contribution is -2.30. The van der Waals surface area contributed by atoms with E-state index < -0.39 is 9.84 Å². The largest absolute Gasteiger partial charge is 0.382 e. The van der Waals surface area contributed by atoms with Crippen LogP contribution in [0, 0.1) is 6.92 Å². The van der Waals surface area contributed by atoms with E-state index in [0.29, 0.717) is 12.5 Å². The number of sulfone groups is 1. The number of hydrogen-bond donors (Lipinski definition) is 1. The molecule has 6 nitrogen and oxygen atoms in total.